The number of hydrogen-bond acceptors (Lipinski definition) is 4. The molecule has 14 heteroatoms. The van der Waals surface area contributed by atoms with Gasteiger partial charge in [-0.15, -0.1) is 11.3 Å². The van der Waals surface area contributed by atoms with Gasteiger partial charge in [-0.05, 0) is 42.7 Å². The number of alkyl halides is 7. The van der Waals surface area contributed by atoms with E-state index in [1.807, 2.05) is 25.1 Å². The van der Waals surface area contributed by atoms with E-state index in [1.165, 1.54) is 35.7 Å². The van der Waals surface area contributed by atoms with Crippen molar-refractivity contribution in [3.8, 4) is 0 Å². The minimum absolute atomic E-state index is 0.227. The molecular formula is C23H17ClF7N3O2S. The Labute approximate surface area is 214 Å². The van der Waals surface area contributed by atoms with Crippen molar-refractivity contribution in [2.24, 2.45) is 5.10 Å². The third kappa shape index (κ3) is 5.57. The third-order valence-corrected chi connectivity index (χ3v) is 6.89. The first-order valence-corrected chi connectivity index (χ1v) is 11.6. The lowest BCUT2D eigenvalue weighted by molar-refractivity contribution is -0.343. The first kappa shape index (κ1) is 28.4. The molecule has 1 heterocycles. The zero-order chi connectivity index (χ0) is 27.8. The number of rotatable bonds is 7. The van der Waals surface area contributed by atoms with Gasteiger partial charge in [0.05, 0.1) is 10.7 Å². The van der Waals surface area contributed by atoms with Gasteiger partial charge in [-0.2, -0.15) is 35.8 Å². The number of anilines is 1. The lowest BCUT2D eigenvalue weighted by Gasteiger charge is -2.27. The minimum Gasteiger partial charge on any atom is -0.321 e. The molecule has 0 saturated carbocycles. The summed E-state index contributed by atoms with van der Waals surface area (Å²) in [5.74, 6) is -16.0. The van der Waals surface area contributed by atoms with Crippen LogP contribution in [0.3, 0.4) is 0 Å². The summed E-state index contributed by atoms with van der Waals surface area (Å²) in [6.45, 7) is 3.47. The summed E-state index contributed by atoms with van der Waals surface area (Å²) in [4.78, 5) is 24.3. The Balaban J connectivity index is 1.70. The molecule has 0 aliphatic carbocycles. The fraction of sp³-hybridized carbons (Fsp3) is 0.261. The van der Waals surface area contributed by atoms with Gasteiger partial charge in [0.1, 0.15) is 4.88 Å². The van der Waals surface area contributed by atoms with Crippen LogP contribution in [-0.2, 0) is 11.2 Å². The van der Waals surface area contributed by atoms with Gasteiger partial charge in [0, 0.05) is 15.8 Å². The van der Waals surface area contributed by atoms with Crippen molar-refractivity contribution >= 4 is 56.2 Å². The second-order valence-electron chi connectivity index (χ2n) is 7.75. The first-order chi connectivity index (χ1) is 17.1. The van der Waals surface area contributed by atoms with Crippen molar-refractivity contribution in [2.75, 3.05) is 5.32 Å². The number of hydrogen-bond donors (Lipinski definition) is 2. The van der Waals surface area contributed by atoms with Gasteiger partial charge < -0.3 is 5.32 Å². The van der Waals surface area contributed by atoms with Crippen LogP contribution in [0.5, 0.6) is 0 Å². The lowest BCUT2D eigenvalue weighted by atomic mass is 10.1. The number of nitrogens with one attached hydrogen (secondary N) is 2. The quantitative estimate of drug-likeness (QED) is 0.183. The molecule has 37 heavy (non-hydrogen) atoms. The molecule has 0 atom stereocenters. The number of hydrazone groups is 1. The molecular weight excluding hydrogens is 551 g/mol. The highest BCUT2D eigenvalue weighted by Crippen LogP contribution is 2.47. The molecule has 0 spiro atoms. The number of fused-ring (bicyclic) bond motifs is 1. The molecule has 0 radical (unpaired) electrons. The molecule has 0 saturated heterocycles. The first-order valence-electron chi connectivity index (χ1n) is 10.4. The minimum atomic E-state index is -6.63. The van der Waals surface area contributed by atoms with E-state index in [9.17, 15) is 40.3 Å². The Kier molecular flexibility index (Phi) is 7.89. The average Bonchev–Trinajstić information content (AvgIpc) is 3.17. The number of halogens is 8. The highest BCUT2D eigenvalue weighted by molar-refractivity contribution is 7.21. The van der Waals surface area contributed by atoms with E-state index in [2.05, 4.69) is 10.5 Å². The summed E-state index contributed by atoms with van der Waals surface area (Å²) in [5.41, 5.74) is 3.50. The molecule has 0 unspecified atom stereocenters. The number of benzene rings is 2. The third-order valence-electron chi connectivity index (χ3n) is 5.23. The van der Waals surface area contributed by atoms with Crippen molar-refractivity contribution in [1.82, 2.24) is 5.43 Å². The highest BCUT2D eigenvalue weighted by atomic mass is 35.5. The van der Waals surface area contributed by atoms with Gasteiger partial charge in [0.2, 0.25) is 0 Å². The molecule has 2 N–H and O–H groups in total. The van der Waals surface area contributed by atoms with Crippen LogP contribution in [0.2, 0.25) is 5.02 Å². The molecule has 2 amide bonds. The summed E-state index contributed by atoms with van der Waals surface area (Å²) < 4.78 is 90.6. The van der Waals surface area contributed by atoms with Crippen molar-refractivity contribution < 1.29 is 40.3 Å². The monoisotopic (exact) mass is 567 g/mol. The Hall–Kier alpha value is -3.19. The Morgan fingerprint density at radius 1 is 1.00 bits per heavy atom. The molecule has 0 bridgehead atoms. The van der Waals surface area contributed by atoms with Crippen LogP contribution in [-0.4, -0.2) is 35.5 Å². The second-order valence-corrected chi connectivity index (χ2v) is 9.18. The smallest absolute Gasteiger partial charge is 0.321 e. The fourth-order valence-electron chi connectivity index (χ4n) is 3.05. The Morgan fingerprint density at radius 2 is 1.62 bits per heavy atom. The normalized spacial score (nSPS) is 13.1. The zero-order valence-corrected chi connectivity index (χ0v) is 20.5. The van der Waals surface area contributed by atoms with E-state index < -0.39 is 35.5 Å². The number of nitrogens with zero attached hydrogens (tertiary/aromatic N) is 1. The molecule has 0 fully saturated rings. The zero-order valence-electron chi connectivity index (χ0n) is 18.9. The lowest BCUT2D eigenvalue weighted by Crippen LogP contribution is -2.57. The van der Waals surface area contributed by atoms with Crippen molar-refractivity contribution in [3.05, 3.63) is 63.5 Å². The number of carbonyl (C=O) groups is 2. The predicted molar refractivity (Wildman–Crippen MR) is 127 cm³/mol. The average molecular weight is 568 g/mol. The van der Waals surface area contributed by atoms with E-state index in [-0.39, 0.29) is 15.6 Å². The van der Waals surface area contributed by atoms with Gasteiger partial charge in [-0.1, -0.05) is 42.8 Å². The maximum absolute atomic E-state index is 13.5. The summed E-state index contributed by atoms with van der Waals surface area (Å²) in [6, 6.07) is 10.1. The number of carbonyl (C=O) groups excluding carboxylic acids is 2. The number of amides is 2. The molecule has 1 aromatic heterocycles. The molecule has 5 nitrogen and oxygen atoms in total. The van der Waals surface area contributed by atoms with Crippen LogP contribution in [0, 0.1) is 0 Å². The van der Waals surface area contributed by atoms with Crippen LogP contribution in [0.15, 0.2) is 47.6 Å². The summed E-state index contributed by atoms with van der Waals surface area (Å²) in [5, 5.41) is 6.25. The van der Waals surface area contributed by atoms with E-state index in [4.69, 9.17) is 11.6 Å². The molecule has 198 valence electrons. The van der Waals surface area contributed by atoms with Crippen molar-refractivity contribution in [3.63, 3.8) is 0 Å². The van der Waals surface area contributed by atoms with Crippen LogP contribution >= 0.6 is 22.9 Å². The maximum atomic E-state index is 13.5. The maximum Gasteiger partial charge on any atom is 0.460 e. The number of thiophene rings is 1. The van der Waals surface area contributed by atoms with E-state index >= 15 is 0 Å². The van der Waals surface area contributed by atoms with Crippen molar-refractivity contribution in [1.29, 1.82) is 0 Å². The van der Waals surface area contributed by atoms with Crippen LogP contribution in [0.4, 0.5) is 36.4 Å². The van der Waals surface area contributed by atoms with Gasteiger partial charge >= 0.3 is 23.9 Å². The highest BCUT2D eigenvalue weighted by Gasteiger charge is 2.76. The van der Waals surface area contributed by atoms with Crippen molar-refractivity contribution in [2.45, 2.75) is 38.3 Å². The van der Waals surface area contributed by atoms with E-state index in [0.717, 1.165) is 28.8 Å². The van der Waals surface area contributed by atoms with E-state index in [1.54, 1.807) is 0 Å². The SMILES string of the molecule is CCc1ccc2c(Cl)c(C(=O)N/N=C(\C)c3ccc(NC(=O)C(F)(F)C(F)(F)C(F)(F)F)cc3)sc2c1. The van der Waals surface area contributed by atoms with Crippen LogP contribution in [0.25, 0.3) is 10.1 Å². The standard InChI is InChI=1S/C23H17ClF7N3O2S/c1-3-12-4-9-15-16(10-12)37-18(17(15)24)19(35)34-33-11(2)13-5-7-14(8-6-13)32-20(36)21(25,26)22(27,28)23(29,30)31/h4-10H,3H2,1-2H3,(H,32,36)(H,34,35)/b33-11+. The second kappa shape index (κ2) is 10.3. The van der Waals surface area contributed by atoms with Gasteiger partial charge in [0.25, 0.3) is 5.91 Å². The Morgan fingerprint density at radius 3 is 2.19 bits per heavy atom. The molecule has 0 aliphatic heterocycles. The van der Waals surface area contributed by atoms with Gasteiger partial charge in [0.15, 0.2) is 0 Å². The van der Waals surface area contributed by atoms with Gasteiger partial charge in [-0.3, -0.25) is 9.59 Å². The number of aryl methyl sites for hydroxylation is 1. The fourth-order valence-corrected chi connectivity index (χ4v) is 4.52. The summed E-state index contributed by atoms with van der Waals surface area (Å²) in [6.07, 6.45) is -5.82. The van der Waals surface area contributed by atoms with E-state index in [0.29, 0.717) is 10.9 Å². The topological polar surface area (TPSA) is 70.6 Å². The molecule has 3 aromatic rings. The Bertz CT molecular complexity index is 1370. The van der Waals surface area contributed by atoms with Gasteiger partial charge in [-0.25, -0.2) is 5.43 Å². The largest absolute Gasteiger partial charge is 0.460 e. The summed E-state index contributed by atoms with van der Waals surface area (Å²) >= 11 is 7.51. The predicted octanol–water partition coefficient (Wildman–Crippen LogP) is 7.04. The molecule has 2 aromatic carbocycles. The molecule has 3 rings (SSSR count). The van der Waals surface area contributed by atoms with Crippen LogP contribution in [0.1, 0.15) is 34.6 Å². The molecule has 0 aliphatic rings. The summed E-state index contributed by atoms with van der Waals surface area (Å²) in [7, 11) is 0. The van der Waals surface area contributed by atoms with Crippen LogP contribution < -0.4 is 10.7 Å².